The summed E-state index contributed by atoms with van der Waals surface area (Å²) >= 11 is 0. The molecule has 4 rings (SSSR count). The zero-order chi connectivity index (χ0) is 26.6. The normalized spacial score (nSPS) is 18.0. The fraction of sp³-hybridized carbons (Fsp3) is 0.419. The van der Waals surface area contributed by atoms with Gasteiger partial charge in [0.15, 0.2) is 6.04 Å². The lowest BCUT2D eigenvalue weighted by Crippen LogP contribution is -2.34. The number of hydrogen-bond donors (Lipinski definition) is 2. The summed E-state index contributed by atoms with van der Waals surface area (Å²) in [5.74, 6) is 0.303. The number of nitrogens with two attached hydrogens (primary N) is 1. The van der Waals surface area contributed by atoms with E-state index in [9.17, 15) is 9.70 Å². The van der Waals surface area contributed by atoms with Crippen LogP contribution >= 0.6 is 0 Å². The Morgan fingerprint density at radius 3 is 2.27 bits per heavy atom. The Balaban J connectivity index is 1.49. The number of pyridine rings is 1. The van der Waals surface area contributed by atoms with Crippen molar-refractivity contribution in [2.75, 3.05) is 5.32 Å². The number of benzene rings is 2. The Morgan fingerprint density at radius 1 is 1.03 bits per heavy atom. The molecular formula is C31H39N4O2+. The van der Waals surface area contributed by atoms with E-state index in [2.05, 4.69) is 29.6 Å². The molecule has 1 aromatic heterocycles. The predicted octanol–water partition coefficient (Wildman–Crippen LogP) is 6.68. The van der Waals surface area contributed by atoms with Crippen molar-refractivity contribution in [1.29, 1.82) is 0 Å². The molecule has 1 saturated carbocycles. The highest BCUT2D eigenvalue weighted by atomic mass is 16.3. The molecule has 1 heterocycles. The highest BCUT2D eigenvalue weighted by molar-refractivity contribution is 5.92. The van der Waals surface area contributed by atoms with Gasteiger partial charge in [-0.05, 0) is 49.8 Å². The second-order valence-electron chi connectivity index (χ2n) is 11.2. The third kappa shape index (κ3) is 6.69. The number of hydrogen-bond acceptors (Lipinski definition) is 4. The SMILES string of the molecule is CC(C)[N+](=O)C1CCC(CC(=O)Nc2cnc(-c3ccc(C(C)(C)N)cc3)c(-c3ccccc3)c2)CC1. The topological polar surface area (TPSA) is 88.1 Å². The number of anilines is 1. The van der Waals surface area contributed by atoms with Crippen LogP contribution in [0.5, 0.6) is 0 Å². The van der Waals surface area contributed by atoms with Gasteiger partial charge in [-0.2, -0.15) is 0 Å². The van der Waals surface area contributed by atoms with Gasteiger partial charge in [0.1, 0.15) is 0 Å². The second kappa shape index (κ2) is 11.3. The summed E-state index contributed by atoms with van der Waals surface area (Å²) in [6.07, 6.45) is 5.72. The van der Waals surface area contributed by atoms with Gasteiger partial charge in [-0.25, -0.2) is 0 Å². The molecule has 0 saturated heterocycles. The van der Waals surface area contributed by atoms with Crippen molar-refractivity contribution in [3.63, 3.8) is 0 Å². The number of nitroso groups, excluding NO2 is 1. The number of carbonyl (C=O) groups is 1. The van der Waals surface area contributed by atoms with Crippen LogP contribution in [-0.2, 0) is 10.3 Å². The van der Waals surface area contributed by atoms with Crippen LogP contribution in [0, 0.1) is 10.8 Å². The smallest absolute Gasteiger partial charge is 0.224 e. The molecule has 1 amide bonds. The average molecular weight is 500 g/mol. The van der Waals surface area contributed by atoms with Gasteiger partial charge in [0.2, 0.25) is 11.9 Å². The Bertz CT molecular complexity index is 1220. The van der Waals surface area contributed by atoms with E-state index in [1.54, 1.807) is 6.20 Å². The maximum Gasteiger partial charge on any atom is 0.224 e. The summed E-state index contributed by atoms with van der Waals surface area (Å²) in [4.78, 5) is 29.9. The van der Waals surface area contributed by atoms with E-state index in [0.717, 1.165) is 53.6 Å². The summed E-state index contributed by atoms with van der Waals surface area (Å²) in [6, 6.07) is 20.4. The maximum absolute atomic E-state index is 12.9. The lowest BCUT2D eigenvalue weighted by molar-refractivity contribution is -0.617. The monoisotopic (exact) mass is 499 g/mol. The standard InChI is InChI=1S/C31H38N4O2/c1-21(2)35(37)27-16-10-22(11-17-27)18-29(36)34-26-19-28(23-8-6-5-7-9-23)30(33-20-26)24-12-14-25(15-13-24)31(3,4)32/h5-9,12-15,19-22,27H,10-11,16-18,32H2,1-4H3/p+1. The van der Waals surface area contributed by atoms with Crippen LogP contribution < -0.4 is 11.1 Å². The van der Waals surface area contributed by atoms with Gasteiger partial charge >= 0.3 is 0 Å². The van der Waals surface area contributed by atoms with E-state index in [1.807, 2.05) is 64.1 Å². The first kappa shape index (κ1) is 26.7. The van der Waals surface area contributed by atoms with Crippen LogP contribution in [0.25, 0.3) is 22.4 Å². The van der Waals surface area contributed by atoms with Gasteiger partial charge < -0.3 is 11.1 Å². The van der Waals surface area contributed by atoms with Crippen LogP contribution in [-0.4, -0.2) is 27.7 Å². The molecule has 0 radical (unpaired) electrons. The Kier molecular flexibility index (Phi) is 8.18. The quantitative estimate of drug-likeness (QED) is 0.338. The molecule has 0 spiro atoms. The van der Waals surface area contributed by atoms with Gasteiger partial charge in [0.25, 0.3) is 0 Å². The lowest BCUT2D eigenvalue weighted by Gasteiger charge is -2.24. The molecule has 1 fully saturated rings. The molecule has 0 bridgehead atoms. The van der Waals surface area contributed by atoms with Gasteiger partial charge in [0, 0.05) is 59.4 Å². The third-order valence-electron chi connectivity index (χ3n) is 7.32. The second-order valence-corrected chi connectivity index (χ2v) is 11.2. The molecule has 6 nitrogen and oxygen atoms in total. The highest BCUT2D eigenvalue weighted by Gasteiger charge is 2.33. The minimum atomic E-state index is -0.412. The number of nitrogens with one attached hydrogen (secondary N) is 1. The fourth-order valence-corrected chi connectivity index (χ4v) is 5.16. The number of nitrogens with zero attached hydrogens (tertiary/aromatic N) is 2. The van der Waals surface area contributed by atoms with Crippen molar-refractivity contribution in [2.24, 2.45) is 11.7 Å². The minimum Gasteiger partial charge on any atom is -0.325 e. The fourth-order valence-electron chi connectivity index (χ4n) is 5.16. The minimum absolute atomic E-state index is 0.00423. The molecule has 3 aromatic rings. The van der Waals surface area contributed by atoms with Crippen molar-refractivity contribution in [1.82, 2.24) is 4.98 Å². The van der Waals surface area contributed by atoms with Crippen LogP contribution in [0.2, 0.25) is 0 Å². The zero-order valence-electron chi connectivity index (χ0n) is 22.4. The summed E-state index contributed by atoms with van der Waals surface area (Å²) in [6.45, 7) is 7.85. The van der Waals surface area contributed by atoms with E-state index in [4.69, 9.17) is 10.7 Å². The van der Waals surface area contributed by atoms with Crippen LogP contribution in [0.15, 0.2) is 66.9 Å². The van der Waals surface area contributed by atoms with Gasteiger partial charge in [-0.15, -0.1) is 0 Å². The highest BCUT2D eigenvalue weighted by Crippen LogP contribution is 2.34. The molecular weight excluding hydrogens is 460 g/mol. The first-order valence-corrected chi connectivity index (χ1v) is 13.3. The number of aromatic nitrogens is 1. The lowest BCUT2D eigenvalue weighted by atomic mass is 9.83. The van der Waals surface area contributed by atoms with Crippen molar-refractivity contribution in [3.05, 3.63) is 77.3 Å². The molecule has 3 N–H and O–H groups in total. The average Bonchev–Trinajstić information content (AvgIpc) is 2.88. The molecule has 0 aliphatic heterocycles. The molecule has 6 heteroatoms. The summed E-state index contributed by atoms with van der Waals surface area (Å²) in [7, 11) is 0. The van der Waals surface area contributed by atoms with Gasteiger partial charge in [-0.1, -0.05) is 54.6 Å². The largest absolute Gasteiger partial charge is 0.325 e. The molecule has 194 valence electrons. The van der Waals surface area contributed by atoms with Gasteiger partial charge in [-0.3, -0.25) is 9.78 Å². The molecule has 0 unspecified atom stereocenters. The summed E-state index contributed by atoms with van der Waals surface area (Å²) < 4.78 is 1.22. The van der Waals surface area contributed by atoms with Crippen LogP contribution in [0.1, 0.15) is 65.4 Å². The Hall–Kier alpha value is -3.38. The molecule has 2 aromatic carbocycles. The third-order valence-corrected chi connectivity index (χ3v) is 7.32. The van der Waals surface area contributed by atoms with Gasteiger partial charge in [0.05, 0.1) is 17.6 Å². The van der Waals surface area contributed by atoms with Crippen molar-refractivity contribution >= 4 is 11.6 Å². The Labute approximate surface area is 220 Å². The predicted molar refractivity (Wildman–Crippen MR) is 150 cm³/mol. The van der Waals surface area contributed by atoms with E-state index < -0.39 is 5.54 Å². The van der Waals surface area contributed by atoms with Crippen LogP contribution in [0.4, 0.5) is 5.69 Å². The molecule has 1 aliphatic carbocycles. The van der Waals surface area contributed by atoms with Crippen LogP contribution in [0.3, 0.4) is 0 Å². The van der Waals surface area contributed by atoms with E-state index in [1.165, 1.54) is 4.76 Å². The number of carbonyl (C=O) groups excluding carboxylic acids is 1. The van der Waals surface area contributed by atoms with Crippen molar-refractivity contribution < 1.29 is 9.55 Å². The first-order valence-electron chi connectivity index (χ1n) is 13.3. The van der Waals surface area contributed by atoms with E-state index >= 15 is 0 Å². The summed E-state index contributed by atoms with van der Waals surface area (Å²) in [5.41, 5.74) is 11.4. The molecule has 1 aliphatic rings. The Morgan fingerprint density at radius 2 is 1.68 bits per heavy atom. The van der Waals surface area contributed by atoms with E-state index in [-0.39, 0.29) is 18.0 Å². The number of rotatable bonds is 8. The maximum atomic E-state index is 12.9. The zero-order valence-corrected chi connectivity index (χ0v) is 22.4. The van der Waals surface area contributed by atoms with E-state index in [0.29, 0.717) is 18.0 Å². The summed E-state index contributed by atoms with van der Waals surface area (Å²) in [5, 5.41) is 3.07. The number of amides is 1. The molecule has 0 atom stereocenters. The first-order chi connectivity index (χ1) is 17.6. The van der Waals surface area contributed by atoms with Crippen molar-refractivity contribution in [2.45, 2.75) is 77.4 Å². The van der Waals surface area contributed by atoms with Crippen molar-refractivity contribution in [3.8, 4) is 22.4 Å². The molecule has 37 heavy (non-hydrogen) atoms.